The molecule has 0 atom stereocenters. The highest BCUT2D eigenvalue weighted by Gasteiger charge is 2.20. The number of nitrogens with zero attached hydrogens (tertiary/aromatic N) is 1. The van der Waals surface area contributed by atoms with E-state index in [1.807, 2.05) is 0 Å². The average Bonchev–Trinajstić information content (AvgIpc) is 3.06. The summed E-state index contributed by atoms with van der Waals surface area (Å²) >= 11 is 0. The lowest BCUT2D eigenvalue weighted by Crippen LogP contribution is -2.15. The van der Waals surface area contributed by atoms with Gasteiger partial charge in [0.1, 0.15) is 0 Å². The van der Waals surface area contributed by atoms with Gasteiger partial charge in [-0.1, -0.05) is 18.2 Å². The topological polar surface area (TPSA) is 17.0 Å². The third-order valence-corrected chi connectivity index (χ3v) is 3.42. The number of nitrogens with one attached hydrogen (secondary N) is 1. The zero-order chi connectivity index (χ0) is 11.0. The number of benzene rings is 1. The molecule has 1 aromatic heterocycles. The lowest BCUT2D eigenvalue weighted by molar-refractivity contribution is 0.639. The Morgan fingerprint density at radius 3 is 2.94 bits per heavy atom. The van der Waals surface area contributed by atoms with Crippen LogP contribution in [0.25, 0.3) is 10.9 Å². The zero-order valence-electron chi connectivity index (χ0n) is 9.74. The summed E-state index contributed by atoms with van der Waals surface area (Å²) in [6.45, 7) is 2.18. The monoisotopic (exact) mass is 214 g/mol. The fourth-order valence-electron chi connectivity index (χ4n) is 2.30. The van der Waals surface area contributed by atoms with E-state index >= 15 is 0 Å². The Hall–Kier alpha value is -1.28. The molecule has 0 amide bonds. The van der Waals surface area contributed by atoms with Crippen molar-refractivity contribution in [3.05, 3.63) is 36.0 Å². The Bertz CT molecular complexity index is 494. The first-order chi connectivity index (χ1) is 7.84. The Kier molecular flexibility index (Phi) is 2.44. The molecule has 1 aromatic carbocycles. The molecular weight excluding hydrogens is 196 g/mol. The van der Waals surface area contributed by atoms with Crippen molar-refractivity contribution >= 4 is 10.9 Å². The first kappa shape index (κ1) is 9.91. The van der Waals surface area contributed by atoms with Crippen LogP contribution in [-0.2, 0) is 13.6 Å². The second-order valence-electron chi connectivity index (χ2n) is 4.86. The van der Waals surface area contributed by atoms with Gasteiger partial charge in [-0.3, -0.25) is 0 Å². The van der Waals surface area contributed by atoms with Crippen LogP contribution in [0.5, 0.6) is 0 Å². The van der Waals surface area contributed by atoms with Crippen molar-refractivity contribution in [2.45, 2.75) is 19.4 Å². The summed E-state index contributed by atoms with van der Waals surface area (Å²) in [6.07, 6.45) is 5.08. The van der Waals surface area contributed by atoms with E-state index in [1.54, 1.807) is 0 Å². The van der Waals surface area contributed by atoms with Gasteiger partial charge in [-0.25, -0.2) is 0 Å². The van der Waals surface area contributed by atoms with Crippen molar-refractivity contribution in [3.63, 3.8) is 0 Å². The molecule has 2 heteroatoms. The molecule has 3 rings (SSSR count). The molecule has 0 bridgehead atoms. The van der Waals surface area contributed by atoms with Gasteiger partial charge in [0.2, 0.25) is 0 Å². The summed E-state index contributed by atoms with van der Waals surface area (Å²) in [4.78, 5) is 0. The molecule has 16 heavy (non-hydrogen) atoms. The van der Waals surface area contributed by atoms with Gasteiger partial charge in [0.25, 0.3) is 0 Å². The van der Waals surface area contributed by atoms with Crippen LogP contribution in [0.3, 0.4) is 0 Å². The summed E-state index contributed by atoms with van der Waals surface area (Å²) in [5.41, 5.74) is 2.74. The smallest absolute Gasteiger partial charge is 0.0481 e. The van der Waals surface area contributed by atoms with Crippen LogP contribution < -0.4 is 5.32 Å². The molecule has 0 spiro atoms. The second-order valence-corrected chi connectivity index (χ2v) is 4.86. The number of fused-ring (bicyclic) bond motifs is 1. The maximum Gasteiger partial charge on any atom is 0.0481 e. The third-order valence-electron chi connectivity index (χ3n) is 3.42. The number of hydrogen-bond acceptors (Lipinski definition) is 1. The van der Waals surface area contributed by atoms with Crippen molar-refractivity contribution in [1.29, 1.82) is 0 Å². The van der Waals surface area contributed by atoms with E-state index in [0.717, 1.165) is 12.5 Å². The first-order valence-corrected chi connectivity index (χ1v) is 6.08. The van der Waals surface area contributed by atoms with Gasteiger partial charge in [0.05, 0.1) is 0 Å². The van der Waals surface area contributed by atoms with E-state index in [0.29, 0.717) is 0 Å². The largest absolute Gasteiger partial charge is 0.350 e. The molecular formula is C14H18N2. The van der Waals surface area contributed by atoms with Crippen molar-refractivity contribution < 1.29 is 0 Å². The predicted molar refractivity (Wildman–Crippen MR) is 67.3 cm³/mol. The highest BCUT2D eigenvalue weighted by molar-refractivity contribution is 5.83. The number of aryl methyl sites for hydroxylation is 1. The Balaban J connectivity index is 1.79. The summed E-state index contributed by atoms with van der Waals surface area (Å²) < 4.78 is 2.21. The van der Waals surface area contributed by atoms with E-state index < -0.39 is 0 Å². The molecule has 0 radical (unpaired) electrons. The highest BCUT2D eigenvalue weighted by atomic mass is 14.9. The molecule has 84 valence electrons. The summed E-state index contributed by atoms with van der Waals surface area (Å²) in [6, 6.07) is 8.61. The maximum absolute atomic E-state index is 3.56. The molecule has 1 aliphatic carbocycles. The van der Waals surface area contributed by atoms with Crippen molar-refractivity contribution in [3.8, 4) is 0 Å². The van der Waals surface area contributed by atoms with E-state index in [4.69, 9.17) is 0 Å². The number of aromatic nitrogens is 1. The van der Waals surface area contributed by atoms with Crippen LogP contribution in [0.1, 0.15) is 18.4 Å². The van der Waals surface area contributed by atoms with Gasteiger partial charge >= 0.3 is 0 Å². The Morgan fingerprint density at radius 2 is 2.12 bits per heavy atom. The van der Waals surface area contributed by atoms with Crippen LogP contribution >= 0.6 is 0 Å². The van der Waals surface area contributed by atoms with Crippen LogP contribution in [0.15, 0.2) is 30.5 Å². The fraction of sp³-hybridized carbons (Fsp3) is 0.429. The molecule has 1 saturated carbocycles. The van der Waals surface area contributed by atoms with Gasteiger partial charge in [-0.05, 0) is 36.9 Å². The van der Waals surface area contributed by atoms with Crippen LogP contribution in [0.2, 0.25) is 0 Å². The fourth-order valence-corrected chi connectivity index (χ4v) is 2.30. The standard InChI is InChI=1S/C14H18N2/c1-16-10-12(9-15-8-11-6-7-11)13-4-2-3-5-14(13)16/h2-5,10-11,15H,6-9H2,1H3. The third kappa shape index (κ3) is 1.85. The molecule has 2 nitrogen and oxygen atoms in total. The zero-order valence-corrected chi connectivity index (χ0v) is 9.74. The summed E-state index contributed by atoms with van der Waals surface area (Å²) in [7, 11) is 2.12. The lowest BCUT2D eigenvalue weighted by Gasteiger charge is -2.01. The highest BCUT2D eigenvalue weighted by Crippen LogP contribution is 2.28. The second kappa shape index (κ2) is 3.95. The quantitative estimate of drug-likeness (QED) is 0.828. The predicted octanol–water partition coefficient (Wildman–Crippen LogP) is 2.68. The van der Waals surface area contributed by atoms with Crippen LogP contribution in [0.4, 0.5) is 0 Å². The number of hydrogen-bond donors (Lipinski definition) is 1. The van der Waals surface area contributed by atoms with Gasteiger partial charge in [0.15, 0.2) is 0 Å². The van der Waals surface area contributed by atoms with E-state index in [9.17, 15) is 0 Å². The minimum atomic E-state index is 0.954. The SMILES string of the molecule is Cn1cc(CNCC2CC2)c2ccccc21. The van der Waals surface area contributed by atoms with Crippen molar-refractivity contribution in [2.75, 3.05) is 6.54 Å². The Morgan fingerprint density at radius 1 is 1.31 bits per heavy atom. The minimum Gasteiger partial charge on any atom is -0.350 e. The molecule has 1 fully saturated rings. The molecule has 1 heterocycles. The average molecular weight is 214 g/mol. The molecule has 0 unspecified atom stereocenters. The molecule has 1 aliphatic rings. The van der Waals surface area contributed by atoms with E-state index in [-0.39, 0.29) is 0 Å². The van der Waals surface area contributed by atoms with E-state index in [2.05, 4.69) is 47.4 Å². The van der Waals surface area contributed by atoms with Gasteiger partial charge in [-0.15, -0.1) is 0 Å². The van der Waals surface area contributed by atoms with Crippen LogP contribution in [-0.4, -0.2) is 11.1 Å². The molecule has 0 saturated heterocycles. The first-order valence-electron chi connectivity index (χ1n) is 6.08. The van der Waals surface area contributed by atoms with Crippen LogP contribution in [0, 0.1) is 5.92 Å². The lowest BCUT2D eigenvalue weighted by atomic mass is 10.2. The minimum absolute atomic E-state index is 0.954. The summed E-state index contributed by atoms with van der Waals surface area (Å²) in [5.74, 6) is 0.954. The molecule has 0 aliphatic heterocycles. The maximum atomic E-state index is 3.56. The molecule has 2 aromatic rings. The van der Waals surface area contributed by atoms with Gasteiger partial charge in [-0.2, -0.15) is 0 Å². The number of para-hydroxylation sites is 1. The van der Waals surface area contributed by atoms with Gasteiger partial charge in [0, 0.05) is 30.7 Å². The summed E-state index contributed by atoms with van der Waals surface area (Å²) in [5, 5.41) is 4.94. The Labute approximate surface area is 96.3 Å². The van der Waals surface area contributed by atoms with Gasteiger partial charge < -0.3 is 9.88 Å². The van der Waals surface area contributed by atoms with E-state index in [1.165, 1.54) is 35.9 Å². The van der Waals surface area contributed by atoms with Crippen molar-refractivity contribution in [1.82, 2.24) is 9.88 Å². The normalized spacial score (nSPS) is 15.8. The number of rotatable bonds is 4. The van der Waals surface area contributed by atoms with Crippen molar-refractivity contribution in [2.24, 2.45) is 13.0 Å². The molecule has 1 N–H and O–H groups in total.